The van der Waals surface area contributed by atoms with E-state index in [-0.39, 0.29) is 0 Å². The van der Waals surface area contributed by atoms with E-state index in [0.29, 0.717) is 6.04 Å². The fourth-order valence-electron chi connectivity index (χ4n) is 1.98. The number of nitrogens with two attached hydrogens (primary N) is 1. The average Bonchev–Trinajstić information content (AvgIpc) is 2.42. The molecule has 0 amide bonds. The number of nitrogens with zero attached hydrogens (tertiary/aromatic N) is 1. The molecule has 0 aliphatic carbocycles. The van der Waals surface area contributed by atoms with Gasteiger partial charge in [-0.05, 0) is 31.2 Å². The number of likely N-dealkylation sites (tertiary alicyclic amines) is 1. The molecule has 0 aromatic carbocycles. The van der Waals surface area contributed by atoms with Crippen LogP contribution >= 0.6 is 0 Å². The van der Waals surface area contributed by atoms with Gasteiger partial charge in [0.1, 0.15) is 0 Å². The Balaban J connectivity index is 2.17. The summed E-state index contributed by atoms with van der Waals surface area (Å²) in [5.41, 5.74) is 5.89. The van der Waals surface area contributed by atoms with E-state index in [2.05, 4.69) is 25.7 Å². The van der Waals surface area contributed by atoms with Crippen LogP contribution in [0.1, 0.15) is 33.6 Å². The first kappa shape index (κ1) is 11.0. The Morgan fingerprint density at radius 2 is 1.85 bits per heavy atom. The molecule has 0 aromatic rings. The second-order valence-corrected chi connectivity index (χ2v) is 4.67. The van der Waals surface area contributed by atoms with Gasteiger partial charge in [-0.15, -0.1) is 0 Å². The Kier molecular flexibility index (Phi) is 4.20. The SMILES string of the molecule is CCC(N)CCN1CC(C)C(C)C1. The summed E-state index contributed by atoms with van der Waals surface area (Å²) in [6.45, 7) is 10.6. The second kappa shape index (κ2) is 4.97. The van der Waals surface area contributed by atoms with Gasteiger partial charge in [0.05, 0.1) is 0 Å². The molecule has 0 radical (unpaired) electrons. The van der Waals surface area contributed by atoms with E-state index in [9.17, 15) is 0 Å². The van der Waals surface area contributed by atoms with E-state index >= 15 is 0 Å². The number of rotatable bonds is 4. The monoisotopic (exact) mass is 184 g/mol. The minimum absolute atomic E-state index is 0.409. The van der Waals surface area contributed by atoms with Crippen LogP contribution in [0.4, 0.5) is 0 Å². The highest BCUT2D eigenvalue weighted by atomic mass is 15.1. The Labute approximate surface area is 82.5 Å². The molecule has 0 bridgehead atoms. The highest BCUT2D eigenvalue weighted by Crippen LogP contribution is 2.22. The van der Waals surface area contributed by atoms with Crippen molar-refractivity contribution in [2.75, 3.05) is 19.6 Å². The third-order valence-corrected chi connectivity index (χ3v) is 3.40. The summed E-state index contributed by atoms with van der Waals surface area (Å²) >= 11 is 0. The van der Waals surface area contributed by atoms with Crippen LogP contribution in [-0.4, -0.2) is 30.6 Å². The van der Waals surface area contributed by atoms with Gasteiger partial charge in [-0.1, -0.05) is 20.8 Å². The third-order valence-electron chi connectivity index (χ3n) is 3.40. The Morgan fingerprint density at radius 3 is 2.31 bits per heavy atom. The Hall–Kier alpha value is -0.0800. The molecule has 1 aliphatic rings. The van der Waals surface area contributed by atoms with E-state index in [4.69, 9.17) is 5.73 Å². The lowest BCUT2D eigenvalue weighted by Crippen LogP contribution is -2.28. The van der Waals surface area contributed by atoms with Gasteiger partial charge in [-0.2, -0.15) is 0 Å². The molecule has 1 saturated heterocycles. The van der Waals surface area contributed by atoms with Gasteiger partial charge >= 0.3 is 0 Å². The van der Waals surface area contributed by atoms with Crippen molar-refractivity contribution in [1.82, 2.24) is 4.90 Å². The van der Waals surface area contributed by atoms with E-state index < -0.39 is 0 Å². The quantitative estimate of drug-likeness (QED) is 0.720. The molecule has 1 fully saturated rings. The van der Waals surface area contributed by atoms with Crippen LogP contribution in [0.3, 0.4) is 0 Å². The van der Waals surface area contributed by atoms with Crippen LogP contribution in [0.15, 0.2) is 0 Å². The minimum Gasteiger partial charge on any atom is -0.328 e. The Bertz CT molecular complexity index is 137. The van der Waals surface area contributed by atoms with Gasteiger partial charge in [-0.3, -0.25) is 0 Å². The lowest BCUT2D eigenvalue weighted by molar-refractivity contribution is 0.307. The molecule has 0 aromatic heterocycles. The standard InChI is InChI=1S/C11H24N2/c1-4-11(12)5-6-13-7-9(2)10(3)8-13/h9-11H,4-8,12H2,1-3H3. The fraction of sp³-hybridized carbons (Fsp3) is 1.00. The zero-order chi connectivity index (χ0) is 9.84. The molecule has 13 heavy (non-hydrogen) atoms. The number of hydrogen-bond donors (Lipinski definition) is 1. The summed E-state index contributed by atoms with van der Waals surface area (Å²) in [7, 11) is 0. The zero-order valence-corrected chi connectivity index (χ0v) is 9.29. The van der Waals surface area contributed by atoms with Crippen molar-refractivity contribution < 1.29 is 0 Å². The average molecular weight is 184 g/mol. The van der Waals surface area contributed by atoms with Crippen LogP contribution in [0.5, 0.6) is 0 Å². The van der Waals surface area contributed by atoms with Crippen LogP contribution in [-0.2, 0) is 0 Å². The summed E-state index contributed by atoms with van der Waals surface area (Å²) in [4.78, 5) is 2.56. The van der Waals surface area contributed by atoms with Crippen molar-refractivity contribution in [1.29, 1.82) is 0 Å². The fourth-order valence-corrected chi connectivity index (χ4v) is 1.98. The summed E-state index contributed by atoms with van der Waals surface area (Å²) < 4.78 is 0. The predicted molar refractivity (Wildman–Crippen MR) is 57.7 cm³/mol. The largest absolute Gasteiger partial charge is 0.328 e. The van der Waals surface area contributed by atoms with Gasteiger partial charge < -0.3 is 10.6 Å². The van der Waals surface area contributed by atoms with Crippen molar-refractivity contribution >= 4 is 0 Å². The first-order valence-electron chi connectivity index (χ1n) is 5.61. The van der Waals surface area contributed by atoms with Crippen LogP contribution < -0.4 is 5.73 Å². The lowest BCUT2D eigenvalue weighted by atomic mass is 10.0. The van der Waals surface area contributed by atoms with E-state index in [1.807, 2.05) is 0 Å². The number of hydrogen-bond acceptors (Lipinski definition) is 2. The van der Waals surface area contributed by atoms with Crippen molar-refractivity contribution in [3.63, 3.8) is 0 Å². The molecule has 78 valence electrons. The summed E-state index contributed by atoms with van der Waals surface area (Å²) in [6.07, 6.45) is 2.27. The molecule has 2 heteroatoms. The zero-order valence-electron chi connectivity index (χ0n) is 9.29. The van der Waals surface area contributed by atoms with E-state index in [1.165, 1.54) is 19.6 Å². The molecule has 3 unspecified atom stereocenters. The summed E-state index contributed by atoms with van der Waals surface area (Å²) in [5, 5.41) is 0. The molecule has 2 N–H and O–H groups in total. The van der Waals surface area contributed by atoms with Gasteiger partial charge in [0.25, 0.3) is 0 Å². The molecule has 1 aliphatic heterocycles. The first-order chi connectivity index (χ1) is 6.13. The van der Waals surface area contributed by atoms with E-state index in [0.717, 1.165) is 24.7 Å². The van der Waals surface area contributed by atoms with Gasteiger partial charge in [0, 0.05) is 19.1 Å². The maximum atomic E-state index is 5.89. The molecule has 1 heterocycles. The predicted octanol–water partition coefficient (Wildman–Crippen LogP) is 1.70. The first-order valence-corrected chi connectivity index (χ1v) is 5.61. The molecular weight excluding hydrogens is 160 g/mol. The third kappa shape index (κ3) is 3.28. The highest BCUT2D eigenvalue weighted by Gasteiger charge is 2.25. The minimum atomic E-state index is 0.409. The highest BCUT2D eigenvalue weighted by molar-refractivity contribution is 4.79. The van der Waals surface area contributed by atoms with Crippen molar-refractivity contribution in [3.05, 3.63) is 0 Å². The van der Waals surface area contributed by atoms with Crippen LogP contribution in [0.2, 0.25) is 0 Å². The second-order valence-electron chi connectivity index (χ2n) is 4.67. The smallest absolute Gasteiger partial charge is 0.00483 e. The van der Waals surface area contributed by atoms with Crippen molar-refractivity contribution in [3.8, 4) is 0 Å². The van der Waals surface area contributed by atoms with Gasteiger partial charge in [-0.25, -0.2) is 0 Å². The van der Waals surface area contributed by atoms with Crippen molar-refractivity contribution in [2.45, 2.75) is 39.7 Å². The van der Waals surface area contributed by atoms with Crippen LogP contribution in [0, 0.1) is 11.8 Å². The molecule has 1 rings (SSSR count). The van der Waals surface area contributed by atoms with Gasteiger partial charge in [0.15, 0.2) is 0 Å². The molecule has 3 atom stereocenters. The maximum Gasteiger partial charge on any atom is 0.00483 e. The molecule has 2 nitrogen and oxygen atoms in total. The van der Waals surface area contributed by atoms with Crippen molar-refractivity contribution in [2.24, 2.45) is 17.6 Å². The van der Waals surface area contributed by atoms with Crippen LogP contribution in [0.25, 0.3) is 0 Å². The van der Waals surface area contributed by atoms with Gasteiger partial charge in [0.2, 0.25) is 0 Å². The normalized spacial score (nSPS) is 32.3. The summed E-state index contributed by atoms with van der Waals surface area (Å²) in [6, 6.07) is 0.409. The Morgan fingerprint density at radius 1 is 1.31 bits per heavy atom. The lowest BCUT2D eigenvalue weighted by Gasteiger charge is -2.17. The summed E-state index contributed by atoms with van der Waals surface area (Å²) in [5.74, 6) is 1.75. The molecule has 0 spiro atoms. The topological polar surface area (TPSA) is 29.3 Å². The van der Waals surface area contributed by atoms with E-state index in [1.54, 1.807) is 0 Å². The molecular formula is C11H24N2. The maximum absolute atomic E-state index is 5.89. The molecule has 0 saturated carbocycles.